The first-order chi connectivity index (χ1) is 12.3. The van der Waals surface area contributed by atoms with Gasteiger partial charge in [0, 0.05) is 12.1 Å². The van der Waals surface area contributed by atoms with E-state index < -0.39 is 26.9 Å². The zero-order chi connectivity index (χ0) is 18.9. The van der Waals surface area contributed by atoms with Gasteiger partial charge in [0.25, 0.3) is 0 Å². The molecule has 0 radical (unpaired) electrons. The zero-order valence-electron chi connectivity index (χ0n) is 13.8. The smallest absolute Gasteiger partial charge is 0.315 e. The fraction of sp³-hybridized carbons (Fsp3) is 0.500. The van der Waals surface area contributed by atoms with Crippen LogP contribution in [0.2, 0.25) is 5.02 Å². The predicted octanol–water partition coefficient (Wildman–Crippen LogP) is 1.83. The standard InChI is InChI=1S/C16H19ClFN3O4S/c17-10-7-9(5-6-11(10)18)19-14(22)4-2-1-3-13-15-12(8-26(13,24)25)20-16(23)21-15/h5-7,12-13,15H,1-4,8H2,(H,19,22)(H2,20,21,23). The summed E-state index contributed by atoms with van der Waals surface area (Å²) < 4.78 is 37.5. The van der Waals surface area contributed by atoms with Crippen molar-refractivity contribution >= 4 is 39.1 Å². The largest absolute Gasteiger partial charge is 0.332 e. The lowest BCUT2D eigenvalue weighted by Gasteiger charge is -2.16. The minimum absolute atomic E-state index is 0.0487. The average molecular weight is 404 g/mol. The molecule has 142 valence electrons. The SMILES string of the molecule is O=C(CCCCC1C2NC(=O)NC2CS1(=O)=O)Nc1ccc(F)c(Cl)c1. The molecule has 3 rings (SSSR count). The monoisotopic (exact) mass is 403 g/mol. The molecule has 7 nitrogen and oxygen atoms in total. The molecule has 3 amide bonds. The molecule has 3 N–H and O–H groups in total. The molecule has 0 bridgehead atoms. The summed E-state index contributed by atoms with van der Waals surface area (Å²) in [5.74, 6) is -0.864. The topological polar surface area (TPSA) is 104 Å². The Morgan fingerprint density at radius 1 is 1.31 bits per heavy atom. The Kier molecular flexibility index (Phi) is 5.38. The minimum atomic E-state index is -3.26. The lowest BCUT2D eigenvalue weighted by Crippen LogP contribution is -2.39. The van der Waals surface area contributed by atoms with Gasteiger partial charge < -0.3 is 16.0 Å². The summed E-state index contributed by atoms with van der Waals surface area (Å²) in [7, 11) is -3.26. The zero-order valence-corrected chi connectivity index (χ0v) is 15.4. The van der Waals surface area contributed by atoms with Crippen LogP contribution in [-0.2, 0) is 14.6 Å². The van der Waals surface area contributed by atoms with Crippen molar-refractivity contribution in [3.05, 3.63) is 29.0 Å². The molecule has 10 heteroatoms. The van der Waals surface area contributed by atoms with Crippen molar-refractivity contribution in [3.8, 4) is 0 Å². The number of urea groups is 1. The molecular formula is C16H19ClFN3O4S. The van der Waals surface area contributed by atoms with E-state index in [1.54, 1.807) is 0 Å². The number of anilines is 1. The minimum Gasteiger partial charge on any atom is -0.332 e. The van der Waals surface area contributed by atoms with E-state index in [2.05, 4.69) is 16.0 Å². The molecule has 2 aliphatic heterocycles. The lowest BCUT2D eigenvalue weighted by molar-refractivity contribution is -0.116. The van der Waals surface area contributed by atoms with E-state index in [0.717, 1.165) is 0 Å². The molecule has 2 aliphatic rings. The average Bonchev–Trinajstić information content (AvgIpc) is 2.99. The number of rotatable bonds is 6. The van der Waals surface area contributed by atoms with Crippen LogP contribution < -0.4 is 16.0 Å². The number of hydrogen-bond donors (Lipinski definition) is 3. The quantitative estimate of drug-likeness (QED) is 0.497. The van der Waals surface area contributed by atoms with Gasteiger partial charge in [0.15, 0.2) is 9.84 Å². The Balaban J connectivity index is 1.45. The Morgan fingerprint density at radius 2 is 2.08 bits per heavy atom. The van der Waals surface area contributed by atoms with E-state index in [-0.39, 0.29) is 35.2 Å². The summed E-state index contributed by atoms with van der Waals surface area (Å²) in [5, 5.41) is 7.21. The first kappa shape index (κ1) is 18.9. The van der Waals surface area contributed by atoms with E-state index >= 15 is 0 Å². The third kappa shape index (κ3) is 4.09. The molecular weight excluding hydrogens is 385 g/mol. The number of benzene rings is 1. The van der Waals surface area contributed by atoms with Crippen LogP contribution in [0.3, 0.4) is 0 Å². The molecule has 26 heavy (non-hydrogen) atoms. The number of fused-ring (bicyclic) bond motifs is 1. The van der Waals surface area contributed by atoms with Gasteiger partial charge in [0.1, 0.15) is 5.82 Å². The van der Waals surface area contributed by atoms with Gasteiger partial charge >= 0.3 is 6.03 Å². The Morgan fingerprint density at radius 3 is 2.81 bits per heavy atom. The Hall–Kier alpha value is -1.87. The van der Waals surface area contributed by atoms with Crippen LogP contribution in [0.5, 0.6) is 0 Å². The molecule has 3 unspecified atom stereocenters. The first-order valence-electron chi connectivity index (χ1n) is 8.30. The first-order valence-corrected chi connectivity index (χ1v) is 10.4. The van der Waals surface area contributed by atoms with Gasteiger partial charge in [-0.15, -0.1) is 0 Å². The summed E-state index contributed by atoms with van der Waals surface area (Å²) in [6.07, 6.45) is 1.65. The molecule has 0 saturated carbocycles. The van der Waals surface area contributed by atoms with Gasteiger partial charge in [-0.3, -0.25) is 4.79 Å². The predicted molar refractivity (Wildman–Crippen MR) is 95.3 cm³/mol. The third-order valence-corrected chi connectivity index (χ3v) is 7.23. The number of carbonyl (C=O) groups is 2. The van der Waals surface area contributed by atoms with Gasteiger partial charge in [-0.05, 0) is 31.0 Å². The van der Waals surface area contributed by atoms with Crippen molar-refractivity contribution in [1.29, 1.82) is 0 Å². The molecule has 1 aromatic carbocycles. The van der Waals surface area contributed by atoms with Crippen LogP contribution >= 0.6 is 11.6 Å². The van der Waals surface area contributed by atoms with Crippen molar-refractivity contribution in [2.24, 2.45) is 0 Å². The highest BCUT2D eigenvalue weighted by atomic mass is 35.5. The van der Waals surface area contributed by atoms with Gasteiger partial charge in [0.05, 0.1) is 28.1 Å². The van der Waals surface area contributed by atoms with Crippen LogP contribution in [0.15, 0.2) is 18.2 Å². The fourth-order valence-corrected chi connectivity index (χ4v) is 5.88. The summed E-state index contributed by atoms with van der Waals surface area (Å²) in [5.41, 5.74) is 0.405. The van der Waals surface area contributed by atoms with Gasteiger partial charge in [-0.25, -0.2) is 17.6 Å². The summed E-state index contributed by atoms with van der Waals surface area (Å²) in [4.78, 5) is 23.3. The maximum atomic E-state index is 13.1. The molecule has 2 fully saturated rings. The lowest BCUT2D eigenvalue weighted by atomic mass is 10.0. The van der Waals surface area contributed by atoms with Crippen molar-refractivity contribution < 1.29 is 22.4 Å². The third-order valence-electron chi connectivity index (χ3n) is 4.67. The van der Waals surface area contributed by atoms with Crippen LogP contribution in [0, 0.1) is 5.82 Å². The molecule has 2 heterocycles. The van der Waals surface area contributed by atoms with Crippen LogP contribution in [0.4, 0.5) is 14.9 Å². The molecule has 1 aromatic rings. The number of halogens is 2. The fourth-order valence-electron chi connectivity index (χ4n) is 3.43. The molecule has 0 aliphatic carbocycles. The highest BCUT2D eigenvalue weighted by molar-refractivity contribution is 7.92. The number of amides is 3. The summed E-state index contributed by atoms with van der Waals surface area (Å²) in [6.45, 7) is 0. The van der Waals surface area contributed by atoms with Gasteiger partial charge in [-0.2, -0.15) is 0 Å². The van der Waals surface area contributed by atoms with Crippen molar-refractivity contribution in [3.63, 3.8) is 0 Å². The van der Waals surface area contributed by atoms with Crippen LogP contribution in [0.25, 0.3) is 0 Å². The van der Waals surface area contributed by atoms with E-state index in [0.29, 0.717) is 24.9 Å². The van der Waals surface area contributed by atoms with Crippen molar-refractivity contribution in [2.45, 2.75) is 43.0 Å². The summed E-state index contributed by atoms with van der Waals surface area (Å²) >= 11 is 5.66. The second-order valence-electron chi connectivity index (χ2n) is 6.54. The maximum absolute atomic E-state index is 13.1. The summed E-state index contributed by atoms with van der Waals surface area (Å²) in [6, 6.07) is 2.81. The van der Waals surface area contributed by atoms with E-state index in [4.69, 9.17) is 11.6 Å². The highest BCUT2D eigenvalue weighted by Crippen LogP contribution is 2.28. The van der Waals surface area contributed by atoms with Gasteiger partial charge in [0.2, 0.25) is 5.91 Å². The van der Waals surface area contributed by atoms with Crippen molar-refractivity contribution in [1.82, 2.24) is 10.6 Å². The molecule has 0 spiro atoms. The molecule has 0 aromatic heterocycles. The number of unbranched alkanes of at least 4 members (excludes halogenated alkanes) is 1. The number of carbonyl (C=O) groups excluding carboxylic acids is 2. The Labute approximate surface area is 155 Å². The molecule has 2 saturated heterocycles. The number of nitrogens with one attached hydrogen (secondary N) is 3. The second-order valence-corrected chi connectivity index (χ2v) is 9.21. The molecule has 3 atom stereocenters. The van der Waals surface area contributed by atoms with E-state index in [1.807, 2.05) is 0 Å². The van der Waals surface area contributed by atoms with Gasteiger partial charge in [-0.1, -0.05) is 18.0 Å². The van der Waals surface area contributed by atoms with E-state index in [9.17, 15) is 22.4 Å². The maximum Gasteiger partial charge on any atom is 0.315 e. The normalized spacial score (nSPS) is 26.1. The van der Waals surface area contributed by atoms with Crippen LogP contribution in [0.1, 0.15) is 25.7 Å². The second kappa shape index (κ2) is 7.40. The number of hydrogen-bond acceptors (Lipinski definition) is 4. The van der Waals surface area contributed by atoms with E-state index in [1.165, 1.54) is 18.2 Å². The van der Waals surface area contributed by atoms with Crippen LogP contribution in [-0.4, -0.2) is 43.4 Å². The highest BCUT2D eigenvalue weighted by Gasteiger charge is 2.51. The van der Waals surface area contributed by atoms with Crippen molar-refractivity contribution in [2.75, 3.05) is 11.1 Å². The Bertz CT molecular complexity index is 833. The number of sulfone groups is 1.